The van der Waals surface area contributed by atoms with Crippen molar-refractivity contribution in [1.29, 1.82) is 0 Å². The van der Waals surface area contributed by atoms with Crippen LogP contribution in [0.2, 0.25) is 0 Å². The van der Waals surface area contributed by atoms with Gasteiger partial charge < -0.3 is 10.1 Å². The first kappa shape index (κ1) is 14.7. The molecule has 1 saturated heterocycles. The van der Waals surface area contributed by atoms with Crippen molar-refractivity contribution in [1.82, 2.24) is 10.2 Å². The third-order valence-electron chi connectivity index (χ3n) is 3.36. The molecule has 3 nitrogen and oxygen atoms in total. The van der Waals surface area contributed by atoms with Crippen LogP contribution in [-0.4, -0.2) is 56.0 Å². The highest BCUT2D eigenvalue weighted by atomic mass is 19.4. The van der Waals surface area contributed by atoms with Crippen molar-refractivity contribution in [2.45, 2.75) is 32.0 Å². The Morgan fingerprint density at radius 1 is 1.41 bits per heavy atom. The summed E-state index contributed by atoms with van der Waals surface area (Å²) in [6, 6.07) is 0. The Bertz CT molecular complexity index is 235. The minimum absolute atomic E-state index is 0.0276. The summed E-state index contributed by atoms with van der Waals surface area (Å²) >= 11 is 0. The third-order valence-corrected chi connectivity index (χ3v) is 3.36. The fourth-order valence-corrected chi connectivity index (χ4v) is 2.05. The van der Waals surface area contributed by atoms with E-state index in [1.165, 1.54) is 0 Å². The van der Waals surface area contributed by atoms with Crippen molar-refractivity contribution in [3.63, 3.8) is 0 Å². The molecule has 0 aromatic carbocycles. The number of halogens is 3. The van der Waals surface area contributed by atoms with Gasteiger partial charge in [-0.1, -0.05) is 6.92 Å². The average molecular weight is 254 g/mol. The molecule has 6 heteroatoms. The van der Waals surface area contributed by atoms with Gasteiger partial charge in [0, 0.05) is 31.7 Å². The number of hydrogen-bond acceptors (Lipinski definition) is 3. The normalized spacial score (nSPS) is 27.4. The molecule has 0 spiro atoms. The minimum Gasteiger partial charge on any atom is -0.371 e. The second-order valence-corrected chi connectivity index (χ2v) is 4.68. The Labute approximate surface area is 100 Å². The predicted molar refractivity (Wildman–Crippen MR) is 60.0 cm³/mol. The van der Waals surface area contributed by atoms with Crippen LogP contribution >= 0.6 is 0 Å². The van der Waals surface area contributed by atoms with Gasteiger partial charge in [0.05, 0.1) is 6.61 Å². The van der Waals surface area contributed by atoms with Gasteiger partial charge in [-0.2, -0.15) is 13.2 Å². The summed E-state index contributed by atoms with van der Waals surface area (Å²) in [5, 5.41) is 3.31. The van der Waals surface area contributed by atoms with Crippen LogP contribution in [0.15, 0.2) is 0 Å². The Kier molecular flexibility index (Phi) is 5.22. The Balaban J connectivity index is 2.29. The fourth-order valence-electron chi connectivity index (χ4n) is 2.05. The minimum atomic E-state index is -4.22. The monoisotopic (exact) mass is 254 g/mol. The highest BCUT2D eigenvalue weighted by molar-refractivity contribution is 4.91. The van der Waals surface area contributed by atoms with E-state index >= 15 is 0 Å². The van der Waals surface area contributed by atoms with Crippen LogP contribution in [-0.2, 0) is 4.74 Å². The lowest BCUT2D eigenvalue weighted by Crippen LogP contribution is -2.59. The van der Waals surface area contributed by atoms with E-state index in [-0.39, 0.29) is 12.1 Å². The van der Waals surface area contributed by atoms with E-state index in [9.17, 15) is 13.2 Å². The fraction of sp³-hybridized carbons (Fsp3) is 1.00. The topological polar surface area (TPSA) is 24.5 Å². The highest BCUT2D eigenvalue weighted by Gasteiger charge is 2.32. The molecule has 1 unspecified atom stereocenters. The van der Waals surface area contributed by atoms with Gasteiger partial charge in [-0.05, 0) is 13.3 Å². The maximum Gasteiger partial charge on any atom is 0.411 e. The molecule has 0 bridgehead atoms. The summed E-state index contributed by atoms with van der Waals surface area (Å²) in [4.78, 5) is 2.21. The largest absolute Gasteiger partial charge is 0.411 e. The van der Waals surface area contributed by atoms with Crippen LogP contribution in [0.5, 0.6) is 0 Å². The smallest absolute Gasteiger partial charge is 0.371 e. The molecule has 1 fully saturated rings. The van der Waals surface area contributed by atoms with Crippen molar-refractivity contribution >= 4 is 0 Å². The molecule has 1 atom stereocenters. The first-order valence-corrected chi connectivity index (χ1v) is 5.98. The number of rotatable bonds is 5. The third kappa shape index (κ3) is 4.81. The number of nitrogens with zero attached hydrogens (tertiary/aromatic N) is 1. The van der Waals surface area contributed by atoms with E-state index in [0.717, 1.165) is 26.1 Å². The maximum absolute atomic E-state index is 11.9. The standard InChI is InChI=1S/C11H21F3N2O/c1-3-10(2)8-15-4-5-16(10)6-7-17-9-11(12,13)14/h15H,3-9H2,1-2H3. The van der Waals surface area contributed by atoms with Crippen molar-refractivity contribution in [2.75, 3.05) is 39.4 Å². The van der Waals surface area contributed by atoms with Gasteiger partial charge in [-0.3, -0.25) is 4.90 Å². The molecule has 1 heterocycles. The number of piperazine rings is 1. The van der Waals surface area contributed by atoms with Crippen LogP contribution < -0.4 is 5.32 Å². The number of alkyl halides is 3. The van der Waals surface area contributed by atoms with Gasteiger partial charge in [0.15, 0.2) is 0 Å². The zero-order valence-electron chi connectivity index (χ0n) is 10.4. The van der Waals surface area contributed by atoms with Crippen LogP contribution in [0, 0.1) is 0 Å². The molecule has 0 radical (unpaired) electrons. The van der Waals surface area contributed by atoms with Crippen molar-refractivity contribution in [2.24, 2.45) is 0 Å². The van der Waals surface area contributed by atoms with Crippen molar-refractivity contribution < 1.29 is 17.9 Å². The Morgan fingerprint density at radius 3 is 2.71 bits per heavy atom. The molecule has 0 aliphatic carbocycles. The van der Waals surface area contributed by atoms with Crippen LogP contribution in [0.3, 0.4) is 0 Å². The zero-order chi connectivity index (χ0) is 12.9. The molecule has 0 aromatic heterocycles. The summed E-state index contributed by atoms with van der Waals surface area (Å²) in [5.41, 5.74) is 0.0276. The molecule has 1 rings (SSSR count). The quantitative estimate of drug-likeness (QED) is 0.755. The number of nitrogens with one attached hydrogen (secondary N) is 1. The summed E-state index contributed by atoms with van der Waals surface area (Å²) in [6.07, 6.45) is -3.25. The van der Waals surface area contributed by atoms with Crippen LogP contribution in [0.1, 0.15) is 20.3 Å². The molecule has 1 aliphatic heterocycles. The van der Waals surface area contributed by atoms with Crippen LogP contribution in [0.4, 0.5) is 13.2 Å². The second-order valence-electron chi connectivity index (χ2n) is 4.68. The lowest BCUT2D eigenvalue weighted by atomic mass is 9.94. The summed E-state index contributed by atoms with van der Waals surface area (Å²) in [6.45, 7) is 6.38. The highest BCUT2D eigenvalue weighted by Crippen LogP contribution is 2.20. The summed E-state index contributed by atoms with van der Waals surface area (Å²) in [7, 11) is 0. The van der Waals surface area contributed by atoms with Gasteiger partial charge in [-0.25, -0.2) is 0 Å². The van der Waals surface area contributed by atoms with Crippen LogP contribution in [0.25, 0.3) is 0 Å². The van der Waals surface area contributed by atoms with Crippen molar-refractivity contribution in [3.05, 3.63) is 0 Å². The first-order valence-electron chi connectivity index (χ1n) is 5.98. The van der Waals surface area contributed by atoms with Crippen molar-refractivity contribution in [3.8, 4) is 0 Å². The van der Waals surface area contributed by atoms with E-state index in [1.54, 1.807) is 0 Å². The average Bonchev–Trinajstić information content (AvgIpc) is 2.25. The lowest BCUT2D eigenvalue weighted by molar-refractivity contribution is -0.175. The molecule has 0 amide bonds. The zero-order valence-corrected chi connectivity index (χ0v) is 10.4. The summed E-state index contributed by atoms with van der Waals surface area (Å²) < 4.78 is 40.3. The summed E-state index contributed by atoms with van der Waals surface area (Å²) in [5.74, 6) is 0. The van der Waals surface area contributed by atoms with E-state index in [0.29, 0.717) is 6.54 Å². The SMILES string of the molecule is CCC1(C)CNCCN1CCOCC(F)(F)F. The van der Waals surface area contributed by atoms with Gasteiger partial charge in [0.2, 0.25) is 0 Å². The number of hydrogen-bond donors (Lipinski definition) is 1. The first-order chi connectivity index (χ1) is 7.87. The molecule has 0 saturated carbocycles. The Hall–Kier alpha value is -0.330. The van der Waals surface area contributed by atoms with E-state index in [4.69, 9.17) is 0 Å². The van der Waals surface area contributed by atoms with Gasteiger partial charge >= 0.3 is 6.18 Å². The Morgan fingerprint density at radius 2 is 2.12 bits per heavy atom. The lowest BCUT2D eigenvalue weighted by Gasteiger charge is -2.44. The van der Waals surface area contributed by atoms with E-state index in [1.807, 2.05) is 0 Å². The second kappa shape index (κ2) is 6.02. The molecule has 0 aromatic rings. The molecule has 17 heavy (non-hydrogen) atoms. The molecule has 1 N–H and O–H groups in total. The molecular weight excluding hydrogens is 233 g/mol. The maximum atomic E-state index is 11.9. The van der Waals surface area contributed by atoms with Gasteiger partial charge in [0.1, 0.15) is 6.61 Å². The molecule has 1 aliphatic rings. The van der Waals surface area contributed by atoms with E-state index in [2.05, 4.69) is 28.8 Å². The number of ether oxygens (including phenoxy) is 1. The predicted octanol–water partition coefficient (Wildman–Crippen LogP) is 1.64. The van der Waals surface area contributed by atoms with E-state index < -0.39 is 12.8 Å². The molecular formula is C11H21F3N2O. The van der Waals surface area contributed by atoms with Gasteiger partial charge in [-0.15, -0.1) is 0 Å². The van der Waals surface area contributed by atoms with Gasteiger partial charge in [0.25, 0.3) is 0 Å². The molecule has 102 valence electrons.